The first kappa shape index (κ1) is 19.3. The van der Waals surface area contributed by atoms with Crippen molar-refractivity contribution in [1.82, 2.24) is 10.9 Å². The zero-order valence-electron chi connectivity index (χ0n) is 15.3. The van der Waals surface area contributed by atoms with Gasteiger partial charge in [0.05, 0.1) is 0 Å². The summed E-state index contributed by atoms with van der Waals surface area (Å²) in [5.74, 6) is -1.06. The minimum absolute atomic E-state index is 0.0691. The van der Waals surface area contributed by atoms with Gasteiger partial charge in [0.1, 0.15) is 11.6 Å². The van der Waals surface area contributed by atoms with Crippen molar-refractivity contribution in [3.63, 3.8) is 0 Å². The van der Waals surface area contributed by atoms with Crippen LogP contribution in [0.5, 0.6) is 5.75 Å². The molecule has 0 unspecified atom stereocenters. The van der Waals surface area contributed by atoms with E-state index in [4.69, 9.17) is 4.74 Å². The first-order chi connectivity index (χ1) is 13.4. The minimum atomic E-state index is -0.894. The number of ether oxygens (including phenoxy) is 1. The molecule has 28 heavy (non-hydrogen) atoms. The van der Waals surface area contributed by atoms with Gasteiger partial charge < -0.3 is 9.64 Å². The van der Waals surface area contributed by atoms with E-state index in [1.54, 1.807) is 29.2 Å². The van der Waals surface area contributed by atoms with Crippen LogP contribution in [0.1, 0.15) is 30.1 Å². The summed E-state index contributed by atoms with van der Waals surface area (Å²) in [6.45, 7) is 2.18. The number of rotatable bonds is 5. The SMILES string of the molecule is C[C@@H](Oc1ccc(F)cc1)C(=O)NNC(=O)c1ccc(N2CCCC2=O)cc1. The molecule has 1 fully saturated rings. The Hall–Kier alpha value is -3.42. The largest absolute Gasteiger partial charge is 0.481 e. The molecular weight excluding hydrogens is 365 g/mol. The quantitative estimate of drug-likeness (QED) is 0.773. The van der Waals surface area contributed by atoms with Crippen molar-refractivity contribution in [2.75, 3.05) is 11.4 Å². The highest BCUT2D eigenvalue weighted by molar-refractivity contribution is 5.98. The van der Waals surface area contributed by atoms with E-state index in [-0.39, 0.29) is 5.91 Å². The molecule has 0 aliphatic carbocycles. The average molecular weight is 385 g/mol. The van der Waals surface area contributed by atoms with Crippen molar-refractivity contribution < 1.29 is 23.5 Å². The predicted molar refractivity (Wildman–Crippen MR) is 100 cm³/mol. The Kier molecular flexibility index (Phi) is 5.88. The van der Waals surface area contributed by atoms with Crippen LogP contribution >= 0.6 is 0 Å². The van der Waals surface area contributed by atoms with E-state index in [9.17, 15) is 18.8 Å². The molecule has 0 saturated carbocycles. The second kappa shape index (κ2) is 8.51. The number of hydrogen-bond acceptors (Lipinski definition) is 4. The molecule has 3 rings (SSSR count). The summed E-state index contributed by atoms with van der Waals surface area (Å²) in [6, 6.07) is 11.8. The molecule has 1 saturated heterocycles. The van der Waals surface area contributed by atoms with Crippen LogP contribution in [0.15, 0.2) is 48.5 Å². The number of carbonyl (C=O) groups is 3. The van der Waals surface area contributed by atoms with Gasteiger partial charge in [0, 0.05) is 24.2 Å². The number of hydrazine groups is 1. The Morgan fingerprint density at radius 2 is 1.75 bits per heavy atom. The van der Waals surface area contributed by atoms with Gasteiger partial charge in [0.25, 0.3) is 11.8 Å². The third-order valence-corrected chi connectivity index (χ3v) is 4.31. The molecule has 1 aliphatic rings. The molecule has 2 aromatic rings. The lowest BCUT2D eigenvalue weighted by molar-refractivity contribution is -0.128. The summed E-state index contributed by atoms with van der Waals surface area (Å²) < 4.78 is 18.3. The van der Waals surface area contributed by atoms with Crippen molar-refractivity contribution in [1.29, 1.82) is 0 Å². The summed E-state index contributed by atoms with van der Waals surface area (Å²) in [6.07, 6.45) is 0.465. The Balaban J connectivity index is 1.50. The Bertz CT molecular complexity index is 868. The number of carbonyl (C=O) groups excluding carboxylic acids is 3. The highest BCUT2D eigenvalue weighted by Crippen LogP contribution is 2.21. The summed E-state index contributed by atoms with van der Waals surface area (Å²) in [4.78, 5) is 37.7. The molecule has 1 aliphatic heterocycles. The summed E-state index contributed by atoms with van der Waals surface area (Å²) >= 11 is 0. The van der Waals surface area contributed by atoms with Crippen LogP contribution in [-0.4, -0.2) is 30.4 Å². The molecule has 1 heterocycles. The van der Waals surface area contributed by atoms with E-state index < -0.39 is 23.7 Å². The van der Waals surface area contributed by atoms with Crippen molar-refractivity contribution in [2.45, 2.75) is 25.9 Å². The second-order valence-electron chi connectivity index (χ2n) is 6.35. The predicted octanol–water partition coefficient (Wildman–Crippen LogP) is 2.18. The smallest absolute Gasteiger partial charge is 0.279 e. The number of hydrogen-bond donors (Lipinski definition) is 2. The lowest BCUT2D eigenvalue weighted by Gasteiger charge is -2.16. The fourth-order valence-corrected chi connectivity index (χ4v) is 2.78. The van der Waals surface area contributed by atoms with Gasteiger partial charge in [0.2, 0.25) is 5.91 Å². The lowest BCUT2D eigenvalue weighted by atomic mass is 10.2. The summed E-state index contributed by atoms with van der Waals surface area (Å²) in [7, 11) is 0. The normalized spacial score (nSPS) is 14.5. The molecule has 7 nitrogen and oxygen atoms in total. The van der Waals surface area contributed by atoms with Crippen molar-refractivity contribution in [2.24, 2.45) is 0 Å². The van der Waals surface area contributed by atoms with Gasteiger partial charge in [0.15, 0.2) is 6.10 Å². The van der Waals surface area contributed by atoms with E-state index in [2.05, 4.69) is 10.9 Å². The molecule has 0 radical (unpaired) electrons. The molecule has 1 atom stereocenters. The minimum Gasteiger partial charge on any atom is -0.481 e. The van der Waals surface area contributed by atoms with Crippen molar-refractivity contribution >= 4 is 23.4 Å². The van der Waals surface area contributed by atoms with Crippen LogP contribution in [0.2, 0.25) is 0 Å². The van der Waals surface area contributed by atoms with Crippen LogP contribution in [0.3, 0.4) is 0 Å². The number of nitrogens with one attached hydrogen (secondary N) is 2. The van der Waals surface area contributed by atoms with E-state index in [0.717, 1.165) is 12.1 Å². The van der Waals surface area contributed by atoms with E-state index in [0.29, 0.717) is 24.3 Å². The zero-order valence-corrected chi connectivity index (χ0v) is 15.3. The molecule has 2 aromatic carbocycles. The monoisotopic (exact) mass is 385 g/mol. The van der Waals surface area contributed by atoms with Gasteiger partial charge in [-0.25, -0.2) is 4.39 Å². The highest BCUT2D eigenvalue weighted by Gasteiger charge is 2.22. The Morgan fingerprint density at radius 1 is 1.07 bits per heavy atom. The number of anilines is 1. The fraction of sp³-hybridized carbons (Fsp3) is 0.250. The third kappa shape index (κ3) is 4.64. The van der Waals surface area contributed by atoms with Gasteiger partial charge in [-0.15, -0.1) is 0 Å². The van der Waals surface area contributed by atoms with Crippen molar-refractivity contribution in [3.05, 3.63) is 59.9 Å². The number of halogens is 1. The third-order valence-electron chi connectivity index (χ3n) is 4.31. The van der Waals surface area contributed by atoms with Gasteiger partial charge >= 0.3 is 0 Å². The fourth-order valence-electron chi connectivity index (χ4n) is 2.78. The Labute approximate surface area is 161 Å². The molecule has 8 heteroatoms. The van der Waals surface area contributed by atoms with Crippen LogP contribution in [0.25, 0.3) is 0 Å². The molecule has 0 aromatic heterocycles. The van der Waals surface area contributed by atoms with Gasteiger partial charge in [-0.05, 0) is 61.9 Å². The first-order valence-electron chi connectivity index (χ1n) is 8.87. The van der Waals surface area contributed by atoms with Gasteiger partial charge in [-0.1, -0.05) is 0 Å². The van der Waals surface area contributed by atoms with Gasteiger partial charge in [-0.3, -0.25) is 25.2 Å². The first-order valence-corrected chi connectivity index (χ1v) is 8.87. The van der Waals surface area contributed by atoms with E-state index >= 15 is 0 Å². The molecule has 3 amide bonds. The second-order valence-corrected chi connectivity index (χ2v) is 6.35. The topological polar surface area (TPSA) is 87.7 Å². The summed E-state index contributed by atoms with van der Waals surface area (Å²) in [5.41, 5.74) is 5.68. The average Bonchev–Trinajstić information content (AvgIpc) is 3.13. The number of amides is 3. The maximum absolute atomic E-state index is 12.9. The molecule has 2 N–H and O–H groups in total. The lowest BCUT2D eigenvalue weighted by Crippen LogP contribution is -2.47. The standard InChI is InChI=1S/C20H20FN3O4/c1-13(28-17-10-6-15(21)7-11-17)19(26)22-23-20(27)14-4-8-16(9-5-14)24-12-2-3-18(24)25/h4-11,13H,2-3,12H2,1H3,(H,22,26)(H,23,27)/t13-/m1/s1. The zero-order chi connectivity index (χ0) is 20.1. The maximum Gasteiger partial charge on any atom is 0.279 e. The van der Waals surface area contributed by atoms with Crippen LogP contribution in [0.4, 0.5) is 10.1 Å². The van der Waals surface area contributed by atoms with Crippen LogP contribution < -0.4 is 20.5 Å². The van der Waals surface area contributed by atoms with Gasteiger partial charge in [-0.2, -0.15) is 0 Å². The van der Waals surface area contributed by atoms with E-state index in [1.165, 1.54) is 31.2 Å². The highest BCUT2D eigenvalue weighted by atomic mass is 19.1. The molecule has 0 bridgehead atoms. The van der Waals surface area contributed by atoms with E-state index in [1.807, 2.05) is 0 Å². The maximum atomic E-state index is 12.9. The van der Waals surface area contributed by atoms with Crippen molar-refractivity contribution in [3.8, 4) is 5.75 Å². The molecule has 0 spiro atoms. The molecular formula is C20H20FN3O4. The number of benzene rings is 2. The van der Waals surface area contributed by atoms with Crippen LogP contribution in [-0.2, 0) is 9.59 Å². The Morgan fingerprint density at radius 3 is 2.36 bits per heavy atom. The number of nitrogens with zero attached hydrogens (tertiary/aromatic N) is 1. The molecule has 146 valence electrons. The van der Waals surface area contributed by atoms with Crippen LogP contribution in [0, 0.1) is 5.82 Å². The summed E-state index contributed by atoms with van der Waals surface area (Å²) in [5, 5.41) is 0.